The molecule has 2 heterocycles. The van der Waals surface area contributed by atoms with E-state index in [2.05, 4.69) is 9.71 Å². The molecule has 5 rings (SSSR count). The van der Waals surface area contributed by atoms with E-state index in [0.29, 0.717) is 18.7 Å². The van der Waals surface area contributed by atoms with Crippen molar-refractivity contribution in [3.63, 3.8) is 0 Å². The Bertz CT molecular complexity index is 1290. The molecule has 6 nitrogen and oxygen atoms in total. The van der Waals surface area contributed by atoms with E-state index < -0.39 is 10.0 Å². The molecule has 0 unspecified atom stereocenters. The van der Waals surface area contributed by atoms with Crippen LogP contribution in [0.5, 0.6) is 0 Å². The lowest BCUT2D eigenvalue weighted by atomic mass is 9.93. The third kappa shape index (κ3) is 3.20. The van der Waals surface area contributed by atoms with Crippen LogP contribution in [0.15, 0.2) is 41.3 Å². The Labute approximate surface area is 179 Å². The molecule has 2 aromatic carbocycles. The highest BCUT2D eigenvalue weighted by Crippen LogP contribution is 2.38. The lowest BCUT2D eigenvalue weighted by molar-refractivity contribution is -0.116. The number of aromatic nitrogens is 1. The van der Waals surface area contributed by atoms with Crippen molar-refractivity contribution in [2.45, 2.75) is 38.0 Å². The molecule has 0 radical (unpaired) electrons. The van der Waals surface area contributed by atoms with Crippen LogP contribution in [0.2, 0.25) is 0 Å². The molecule has 0 saturated carbocycles. The second-order valence-corrected chi connectivity index (χ2v) is 10.7. The third-order valence-corrected chi connectivity index (χ3v) is 8.09. The summed E-state index contributed by atoms with van der Waals surface area (Å²) in [6, 6.07) is 10.6. The molecular formula is C22H21N3O3S2. The first-order valence-corrected chi connectivity index (χ1v) is 12.2. The monoisotopic (exact) mass is 439 g/mol. The van der Waals surface area contributed by atoms with Gasteiger partial charge >= 0.3 is 0 Å². The number of benzene rings is 2. The van der Waals surface area contributed by atoms with Gasteiger partial charge in [0.25, 0.3) is 10.0 Å². The molecule has 30 heavy (non-hydrogen) atoms. The van der Waals surface area contributed by atoms with Crippen molar-refractivity contribution in [2.75, 3.05) is 16.2 Å². The highest BCUT2D eigenvalue weighted by atomic mass is 32.2. The van der Waals surface area contributed by atoms with Gasteiger partial charge in [-0.05, 0) is 67.6 Å². The van der Waals surface area contributed by atoms with Crippen molar-refractivity contribution in [1.29, 1.82) is 0 Å². The Morgan fingerprint density at radius 1 is 1.10 bits per heavy atom. The summed E-state index contributed by atoms with van der Waals surface area (Å²) in [6.45, 7) is 4.10. The fraction of sp³-hybridized carbons (Fsp3) is 0.273. The number of amides is 1. The van der Waals surface area contributed by atoms with E-state index >= 15 is 0 Å². The summed E-state index contributed by atoms with van der Waals surface area (Å²) in [7, 11) is -3.74. The van der Waals surface area contributed by atoms with Crippen LogP contribution in [-0.4, -0.2) is 25.9 Å². The first kappa shape index (κ1) is 19.3. The fourth-order valence-electron chi connectivity index (χ4n) is 4.26. The molecule has 1 amide bonds. The van der Waals surface area contributed by atoms with Gasteiger partial charge in [-0.15, -0.1) is 11.3 Å². The lowest BCUT2D eigenvalue weighted by Crippen LogP contribution is -2.25. The minimum Gasteiger partial charge on any atom is -0.312 e. The summed E-state index contributed by atoms with van der Waals surface area (Å²) >= 11 is 1.71. The predicted octanol–water partition coefficient (Wildman–Crippen LogP) is 3.93. The fourth-order valence-corrected chi connectivity index (χ4v) is 6.31. The molecule has 1 aromatic heterocycles. The first-order chi connectivity index (χ1) is 14.3. The van der Waals surface area contributed by atoms with Gasteiger partial charge in [0.2, 0.25) is 5.91 Å². The molecular weight excluding hydrogens is 418 g/mol. The topological polar surface area (TPSA) is 79.4 Å². The van der Waals surface area contributed by atoms with Crippen LogP contribution in [0, 0.1) is 6.92 Å². The third-order valence-electron chi connectivity index (χ3n) is 5.68. The summed E-state index contributed by atoms with van der Waals surface area (Å²) in [6.07, 6.45) is 2.57. The van der Waals surface area contributed by atoms with Crippen LogP contribution in [0.25, 0.3) is 11.3 Å². The number of rotatable bonds is 3. The van der Waals surface area contributed by atoms with Crippen molar-refractivity contribution in [3.05, 3.63) is 57.4 Å². The second-order valence-electron chi connectivity index (χ2n) is 7.69. The number of aryl methyl sites for hydroxylation is 3. The van der Waals surface area contributed by atoms with E-state index in [-0.39, 0.29) is 10.8 Å². The Morgan fingerprint density at radius 2 is 1.93 bits per heavy atom. The van der Waals surface area contributed by atoms with Crippen molar-refractivity contribution < 1.29 is 13.2 Å². The summed E-state index contributed by atoms with van der Waals surface area (Å²) in [4.78, 5) is 19.5. The molecule has 2 aliphatic rings. The maximum Gasteiger partial charge on any atom is 0.261 e. The SMILES string of the molecule is CC(=O)N1CCc2cc(S(=O)(=O)Nc3ccc4c(c3)-c3nc(C)sc3CC4)ccc21. The van der Waals surface area contributed by atoms with Crippen LogP contribution >= 0.6 is 11.3 Å². The highest BCUT2D eigenvalue weighted by Gasteiger charge is 2.25. The van der Waals surface area contributed by atoms with Crippen LogP contribution < -0.4 is 9.62 Å². The van der Waals surface area contributed by atoms with Gasteiger partial charge in [0, 0.05) is 35.3 Å². The molecule has 0 atom stereocenters. The minimum atomic E-state index is -3.74. The molecule has 1 N–H and O–H groups in total. The van der Waals surface area contributed by atoms with E-state index in [1.165, 1.54) is 17.4 Å². The van der Waals surface area contributed by atoms with Gasteiger partial charge in [-0.2, -0.15) is 0 Å². The summed E-state index contributed by atoms with van der Waals surface area (Å²) in [5.74, 6) is -0.0341. The number of sulfonamides is 1. The van der Waals surface area contributed by atoms with Gasteiger partial charge in [0.05, 0.1) is 15.6 Å². The lowest BCUT2D eigenvalue weighted by Gasteiger charge is -2.17. The van der Waals surface area contributed by atoms with Gasteiger partial charge in [0.1, 0.15) is 0 Å². The molecule has 0 fully saturated rings. The molecule has 3 aromatic rings. The molecule has 8 heteroatoms. The molecule has 0 saturated heterocycles. The van der Waals surface area contributed by atoms with E-state index in [0.717, 1.165) is 40.4 Å². The second kappa shape index (κ2) is 6.92. The predicted molar refractivity (Wildman–Crippen MR) is 119 cm³/mol. The number of carbonyl (C=O) groups is 1. The number of nitrogens with zero attached hydrogens (tertiary/aromatic N) is 2. The van der Waals surface area contributed by atoms with Gasteiger partial charge in [0.15, 0.2) is 0 Å². The average molecular weight is 440 g/mol. The maximum absolute atomic E-state index is 13.0. The zero-order chi connectivity index (χ0) is 21.0. The number of nitrogens with one attached hydrogen (secondary N) is 1. The number of fused-ring (bicyclic) bond motifs is 4. The van der Waals surface area contributed by atoms with Crippen LogP contribution in [-0.2, 0) is 34.1 Å². The zero-order valence-corrected chi connectivity index (χ0v) is 18.4. The largest absolute Gasteiger partial charge is 0.312 e. The molecule has 0 spiro atoms. The van der Waals surface area contributed by atoms with Crippen molar-refractivity contribution in [2.24, 2.45) is 0 Å². The van der Waals surface area contributed by atoms with E-state index in [9.17, 15) is 13.2 Å². The van der Waals surface area contributed by atoms with Gasteiger partial charge in [-0.3, -0.25) is 9.52 Å². The standard InChI is InChI=1S/C22H21N3O3S2/c1-13-23-22-19-12-17(5-3-15(19)4-8-21(22)29-13)24-30(27,28)18-6-7-20-16(11-18)9-10-25(20)14(2)26/h3,5-7,11-12,24H,4,8-10H2,1-2H3. The normalized spacial score (nSPS) is 14.8. The van der Waals surface area contributed by atoms with Crippen molar-refractivity contribution in [1.82, 2.24) is 4.98 Å². The highest BCUT2D eigenvalue weighted by molar-refractivity contribution is 7.92. The smallest absolute Gasteiger partial charge is 0.261 e. The van der Waals surface area contributed by atoms with Crippen molar-refractivity contribution in [3.8, 4) is 11.3 Å². The maximum atomic E-state index is 13.0. The Hall–Kier alpha value is -2.71. The van der Waals surface area contributed by atoms with E-state index in [4.69, 9.17) is 0 Å². The number of hydrogen-bond acceptors (Lipinski definition) is 5. The molecule has 1 aliphatic carbocycles. The molecule has 1 aliphatic heterocycles. The summed E-state index contributed by atoms with van der Waals surface area (Å²) < 4.78 is 28.8. The van der Waals surface area contributed by atoms with Crippen molar-refractivity contribution >= 4 is 38.6 Å². The number of anilines is 2. The first-order valence-electron chi connectivity index (χ1n) is 9.85. The summed E-state index contributed by atoms with van der Waals surface area (Å²) in [5.41, 5.74) is 5.37. The number of carbonyl (C=O) groups excluding carboxylic acids is 1. The molecule has 0 bridgehead atoms. The Morgan fingerprint density at radius 3 is 2.73 bits per heavy atom. The number of hydrogen-bond donors (Lipinski definition) is 1. The van der Waals surface area contributed by atoms with Gasteiger partial charge < -0.3 is 4.90 Å². The van der Waals surface area contributed by atoms with Crippen LogP contribution in [0.3, 0.4) is 0 Å². The minimum absolute atomic E-state index is 0.0341. The number of thiazole rings is 1. The zero-order valence-electron chi connectivity index (χ0n) is 16.7. The average Bonchev–Trinajstić information content (AvgIpc) is 3.30. The Kier molecular flexibility index (Phi) is 4.44. The van der Waals surface area contributed by atoms with E-state index in [1.807, 2.05) is 25.1 Å². The van der Waals surface area contributed by atoms with Crippen LogP contribution in [0.1, 0.15) is 27.9 Å². The van der Waals surface area contributed by atoms with Gasteiger partial charge in [-0.1, -0.05) is 6.07 Å². The quantitative estimate of drug-likeness (QED) is 0.671. The van der Waals surface area contributed by atoms with Crippen LogP contribution in [0.4, 0.5) is 11.4 Å². The Balaban J connectivity index is 1.46. The van der Waals surface area contributed by atoms with Gasteiger partial charge in [-0.25, -0.2) is 13.4 Å². The van der Waals surface area contributed by atoms with E-state index in [1.54, 1.807) is 34.4 Å². The summed E-state index contributed by atoms with van der Waals surface area (Å²) in [5, 5.41) is 1.02. The molecule has 154 valence electrons.